The Morgan fingerprint density at radius 2 is 2.23 bits per heavy atom. The van der Waals surface area contributed by atoms with Gasteiger partial charge in [-0.15, -0.1) is 11.3 Å². The van der Waals surface area contributed by atoms with Crippen molar-refractivity contribution >= 4 is 22.9 Å². The van der Waals surface area contributed by atoms with Crippen molar-refractivity contribution in [2.75, 3.05) is 0 Å². The van der Waals surface area contributed by atoms with Gasteiger partial charge in [0.15, 0.2) is 0 Å². The average molecular weight is 212 g/mol. The largest absolute Gasteiger partial charge is 0.508 e. The fraction of sp³-hybridized carbons (Fsp3) is 0. The number of aromatic hydroxyl groups is 1. The van der Waals surface area contributed by atoms with Crippen LogP contribution in [0.2, 0.25) is 4.34 Å². The molecule has 1 aromatic heterocycles. The Labute approximate surface area is 84.4 Å². The van der Waals surface area contributed by atoms with Gasteiger partial charge in [-0.2, -0.15) is 0 Å². The predicted molar refractivity (Wildman–Crippen MR) is 54.2 cm³/mol. The van der Waals surface area contributed by atoms with Gasteiger partial charge in [0.25, 0.3) is 0 Å². The van der Waals surface area contributed by atoms with E-state index >= 15 is 0 Å². The minimum atomic E-state index is 0.240. The van der Waals surface area contributed by atoms with Crippen molar-refractivity contribution in [2.45, 2.75) is 0 Å². The third kappa shape index (κ3) is 1.82. The molecule has 0 unspecified atom stereocenters. The summed E-state index contributed by atoms with van der Waals surface area (Å²) < 4.78 is 0.651. The minimum absolute atomic E-state index is 0.240. The first-order valence-electron chi connectivity index (χ1n) is 3.66. The molecule has 1 N–H and O–H groups in total. The second-order valence-electron chi connectivity index (χ2n) is 2.52. The molecule has 0 fully saturated rings. The number of thiazole rings is 1. The van der Waals surface area contributed by atoms with E-state index in [9.17, 15) is 5.11 Å². The monoisotopic (exact) mass is 211 g/mol. The highest BCUT2D eigenvalue weighted by atomic mass is 35.5. The first kappa shape index (κ1) is 8.53. The molecule has 13 heavy (non-hydrogen) atoms. The zero-order valence-electron chi connectivity index (χ0n) is 6.57. The van der Waals surface area contributed by atoms with E-state index in [0.717, 1.165) is 10.6 Å². The summed E-state index contributed by atoms with van der Waals surface area (Å²) in [6, 6.07) is 6.95. The maximum Gasteiger partial charge on any atom is 0.124 e. The van der Waals surface area contributed by atoms with Crippen LogP contribution in [0.1, 0.15) is 0 Å². The third-order valence-electron chi connectivity index (χ3n) is 1.57. The molecular weight excluding hydrogens is 206 g/mol. The van der Waals surface area contributed by atoms with Gasteiger partial charge in [-0.3, -0.25) is 0 Å². The molecule has 0 spiro atoms. The van der Waals surface area contributed by atoms with E-state index in [-0.39, 0.29) is 5.75 Å². The number of hydrogen-bond donors (Lipinski definition) is 1. The highest BCUT2D eigenvalue weighted by molar-refractivity contribution is 7.18. The molecule has 0 aliphatic heterocycles. The van der Waals surface area contributed by atoms with E-state index in [1.807, 2.05) is 6.07 Å². The van der Waals surface area contributed by atoms with Crippen LogP contribution < -0.4 is 0 Å². The SMILES string of the molecule is Oc1cccc(-c2ncc(Cl)s2)c1. The Kier molecular flexibility index (Phi) is 2.20. The minimum Gasteiger partial charge on any atom is -0.508 e. The number of benzene rings is 1. The Morgan fingerprint density at radius 3 is 2.85 bits per heavy atom. The second kappa shape index (κ2) is 3.36. The normalized spacial score (nSPS) is 10.2. The van der Waals surface area contributed by atoms with E-state index in [1.165, 1.54) is 11.3 Å². The van der Waals surface area contributed by atoms with Crippen LogP contribution >= 0.6 is 22.9 Å². The zero-order valence-corrected chi connectivity index (χ0v) is 8.14. The van der Waals surface area contributed by atoms with Gasteiger partial charge in [0.05, 0.1) is 6.20 Å². The number of halogens is 1. The molecule has 0 saturated heterocycles. The lowest BCUT2D eigenvalue weighted by atomic mass is 10.2. The van der Waals surface area contributed by atoms with E-state index < -0.39 is 0 Å². The Balaban J connectivity index is 2.46. The predicted octanol–water partition coefficient (Wildman–Crippen LogP) is 3.17. The van der Waals surface area contributed by atoms with Gasteiger partial charge < -0.3 is 5.11 Å². The number of rotatable bonds is 1. The Morgan fingerprint density at radius 1 is 1.38 bits per heavy atom. The van der Waals surface area contributed by atoms with Crippen molar-refractivity contribution < 1.29 is 5.11 Å². The van der Waals surface area contributed by atoms with Crippen LogP contribution in [0.4, 0.5) is 0 Å². The summed E-state index contributed by atoms with van der Waals surface area (Å²) in [5, 5.41) is 10.0. The first-order valence-corrected chi connectivity index (χ1v) is 4.86. The van der Waals surface area contributed by atoms with Crippen molar-refractivity contribution in [2.24, 2.45) is 0 Å². The standard InChI is InChI=1S/C9H6ClNOS/c10-8-5-11-9(13-8)6-2-1-3-7(12)4-6/h1-5,12H. The Hall–Kier alpha value is -1.06. The smallest absolute Gasteiger partial charge is 0.124 e. The molecule has 2 rings (SSSR count). The van der Waals surface area contributed by atoms with Crippen LogP contribution in [0.3, 0.4) is 0 Å². The molecule has 2 nitrogen and oxygen atoms in total. The Bertz CT molecular complexity index is 427. The summed E-state index contributed by atoms with van der Waals surface area (Å²) in [5.41, 5.74) is 0.886. The van der Waals surface area contributed by atoms with Crippen LogP contribution in [0.15, 0.2) is 30.5 Å². The number of phenolic OH excluding ortho intramolecular Hbond substituents is 1. The summed E-state index contributed by atoms with van der Waals surface area (Å²) in [5.74, 6) is 0.240. The van der Waals surface area contributed by atoms with Crippen molar-refractivity contribution in [3.63, 3.8) is 0 Å². The summed E-state index contributed by atoms with van der Waals surface area (Å²) in [4.78, 5) is 4.10. The average Bonchev–Trinajstić information content (AvgIpc) is 2.52. The van der Waals surface area contributed by atoms with Crippen LogP contribution in [-0.2, 0) is 0 Å². The second-order valence-corrected chi connectivity index (χ2v) is 4.18. The van der Waals surface area contributed by atoms with Crippen LogP contribution in [-0.4, -0.2) is 10.1 Å². The lowest BCUT2D eigenvalue weighted by molar-refractivity contribution is 0.475. The van der Waals surface area contributed by atoms with Crippen molar-refractivity contribution in [1.29, 1.82) is 0 Å². The molecule has 0 aliphatic rings. The number of phenols is 1. The number of aromatic nitrogens is 1. The van der Waals surface area contributed by atoms with Gasteiger partial charge in [0.1, 0.15) is 15.1 Å². The summed E-state index contributed by atoms with van der Waals surface area (Å²) >= 11 is 7.14. The molecule has 0 atom stereocenters. The van der Waals surface area contributed by atoms with Crippen molar-refractivity contribution in [3.05, 3.63) is 34.8 Å². The molecule has 2 aromatic rings. The summed E-state index contributed by atoms with van der Waals surface area (Å²) in [6.07, 6.45) is 1.60. The quantitative estimate of drug-likeness (QED) is 0.786. The maximum absolute atomic E-state index is 9.23. The van der Waals surface area contributed by atoms with E-state index in [0.29, 0.717) is 4.34 Å². The molecule has 0 bridgehead atoms. The summed E-state index contributed by atoms with van der Waals surface area (Å²) in [6.45, 7) is 0. The lowest BCUT2D eigenvalue weighted by Gasteiger charge is -1.95. The van der Waals surface area contributed by atoms with E-state index in [4.69, 9.17) is 11.6 Å². The van der Waals surface area contributed by atoms with Gasteiger partial charge in [-0.25, -0.2) is 4.98 Å². The molecule has 1 aromatic carbocycles. The molecule has 0 saturated carbocycles. The lowest BCUT2D eigenvalue weighted by Crippen LogP contribution is -1.73. The molecule has 0 aliphatic carbocycles. The molecule has 0 amide bonds. The van der Waals surface area contributed by atoms with E-state index in [1.54, 1.807) is 24.4 Å². The fourth-order valence-corrected chi connectivity index (χ4v) is 1.94. The van der Waals surface area contributed by atoms with E-state index in [2.05, 4.69) is 4.98 Å². The van der Waals surface area contributed by atoms with Crippen LogP contribution in [0, 0.1) is 0 Å². The number of nitrogens with zero attached hydrogens (tertiary/aromatic N) is 1. The zero-order chi connectivity index (χ0) is 9.26. The summed E-state index contributed by atoms with van der Waals surface area (Å²) in [7, 11) is 0. The van der Waals surface area contributed by atoms with Gasteiger partial charge in [-0.05, 0) is 12.1 Å². The van der Waals surface area contributed by atoms with Gasteiger partial charge >= 0.3 is 0 Å². The molecule has 0 radical (unpaired) electrons. The molecule has 4 heteroatoms. The van der Waals surface area contributed by atoms with Gasteiger partial charge in [-0.1, -0.05) is 23.7 Å². The fourth-order valence-electron chi connectivity index (χ4n) is 1.03. The van der Waals surface area contributed by atoms with Crippen molar-refractivity contribution in [1.82, 2.24) is 4.98 Å². The molecule has 1 heterocycles. The van der Waals surface area contributed by atoms with Gasteiger partial charge in [0.2, 0.25) is 0 Å². The van der Waals surface area contributed by atoms with Crippen LogP contribution in [0.5, 0.6) is 5.75 Å². The molecule has 66 valence electrons. The van der Waals surface area contributed by atoms with Crippen LogP contribution in [0.25, 0.3) is 10.6 Å². The molecular formula is C9H6ClNOS. The highest BCUT2D eigenvalue weighted by Crippen LogP contribution is 2.29. The van der Waals surface area contributed by atoms with Gasteiger partial charge in [0, 0.05) is 5.56 Å². The maximum atomic E-state index is 9.23. The third-order valence-corrected chi connectivity index (χ3v) is 2.73. The topological polar surface area (TPSA) is 33.1 Å². The number of hydrogen-bond acceptors (Lipinski definition) is 3. The first-order chi connectivity index (χ1) is 6.25. The van der Waals surface area contributed by atoms with Crippen molar-refractivity contribution in [3.8, 4) is 16.3 Å². The highest BCUT2D eigenvalue weighted by Gasteiger charge is 2.03.